The van der Waals surface area contributed by atoms with Crippen molar-refractivity contribution < 1.29 is 29.2 Å². The van der Waals surface area contributed by atoms with Gasteiger partial charge in [0.15, 0.2) is 0 Å². The maximum Gasteiger partial charge on any atom is 0.355 e. The zero-order valence-corrected chi connectivity index (χ0v) is 24.5. The molecule has 2 aromatic carbocycles. The summed E-state index contributed by atoms with van der Waals surface area (Å²) in [6.07, 6.45) is 3.60. The van der Waals surface area contributed by atoms with Crippen LogP contribution in [-0.2, 0) is 19.1 Å². The van der Waals surface area contributed by atoms with Crippen LogP contribution in [0.15, 0.2) is 65.7 Å². The van der Waals surface area contributed by atoms with Crippen molar-refractivity contribution in [3.8, 4) is 5.88 Å². The van der Waals surface area contributed by atoms with Crippen molar-refractivity contribution >= 4 is 40.4 Å². The molecule has 0 unspecified atom stereocenters. The Morgan fingerprint density at radius 3 is 2.65 bits per heavy atom. The summed E-state index contributed by atoms with van der Waals surface area (Å²) >= 11 is 7.49. The lowest BCUT2D eigenvalue weighted by Gasteiger charge is -2.31. The number of piperidine rings is 1. The molecule has 2 aliphatic rings. The summed E-state index contributed by atoms with van der Waals surface area (Å²) in [5.41, 5.74) is 2.05. The molecule has 43 heavy (non-hydrogen) atoms. The highest BCUT2D eigenvalue weighted by Crippen LogP contribution is 2.32. The normalized spacial score (nSPS) is 16.3. The van der Waals surface area contributed by atoms with E-state index in [9.17, 15) is 24.5 Å². The van der Waals surface area contributed by atoms with Crippen molar-refractivity contribution in [1.29, 1.82) is 0 Å². The Morgan fingerprint density at radius 1 is 1.12 bits per heavy atom. The molecular weight excluding hydrogens is 597 g/mol. The second-order valence-electron chi connectivity index (χ2n) is 10.5. The predicted molar refractivity (Wildman–Crippen MR) is 160 cm³/mol. The zero-order chi connectivity index (χ0) is 30.1. The average molecular weight is 626 g/mol. The van der Waals surface area contributed by atoms with Crippen LogP contribution in [-0.4, -0.2) is 59.7 Å². The van der Waals surface area contributed by atoms with Crippen LogP contribution in [0.25, 0.3) is 11.0 Å². The first kappa shape index (κ1) is 29.4. The number of fused-ring (bicyclic) bond motifs is 1. The Bertz CT molecular complexity index is 1710. The highest BCUT2D eigenvalue weighted by atomic mass is 35.5. The maximum absolute atomic E-state index is 14.3. The number of benzene rings is 2. The van der Waals surface area contributed by atoms with Gasteiger partial charge in [0.25, 0.3) is 0 Å². The van der Waals surface area contributed by atoms with E-state index in [-0.39, 0.29) is 22.4 Å². The van der Waals surface area contributed by atoms with Crippen LogP contribution in [0.3, 0.4) is 0 Å². The summed E-state index contributed by atoms with van der Waals surface area (Å²) in [5.74, 6) is -3.06. The quantitative estimate of drug-likeness (QED) is 0.195. The number of carboxylic acids is 1. The predicted octanol–water partition coefficient (Wildman–Crippen LogP) is 4.61. The first-order valence-electron chi connectivity index (χ1n) is 13.7. The number of aromatic carboxylic acids is 1. The minimum absolute atomic E-state index is 0.0395. The Balaban J connectivity index is 1.14. The van der Waals surface area contributed by atoms with Crippen LogP contribution in [0.2, 0.25) is 5.02 Å². The largest absolute Gasteiger partial charge is 0.478 e. The molecule has 224 valence electrons. The number of pyridine rings is 1. The van der Waals surface area contributed by atoms with Crippen LogP contribution >= 0.6 is 23.4 Å². The van der Waals surface area contributed by atoms with Crippen molar-refractivity contribution in [2.75, 3.05) is 19.0 Å². The molecule has 2 aromatic heterocycles. The van der Waals surface area contributed by atoms with Crippen LogP contribution in [0.4, 0.5) is 4.39 Å². The fourth-order valence-electron chi connectivity index (χ4n) is 5.44. The lowest BCUT2D eigenvalue weighted by Crippen LogP contribution is -2.34. The molecule has 0 bridgehead atoms. The molecule has 4 heterocycles. The maximum atomic E-state index is 14.3. The van der Waals surface area contributed by atoms with Gasteiger partial charge in [-0.25, -0.2) is 19.2 Å². The zero-order valence-electron chi connectivity index (χ0n) is 22.9. The number of likely N-dealkylation sites (tertiary alicyclic amines) is 1. The third kappa shape index (κ3) is 6.48. The molecular formula is C30H29ClFN5O5S. The minimum atomic E-state index is -2.93. The first-order chi connectivity index (χ1) is 20.7. The van der Waals surface area contributed by atoms with E-state index in [2.05, 4.69) is 19.8 Å². The second-order valence-corrected chi connectivity index (χ2v) is 12.1. The van der Waals surface area contributed by atoms with E-state index >= 15 is 0 Å². The van der Waals surface area contributed by atoms with E-state index in [1.165, 1.54) is 12.1 Å². The molecule has 10 nitrogen and oxygen atoms in total. The van der Waals surface area contributed by atoms with E-state index in [0.717, 1.165) is 71.4 Å². The molecule has 0 radical (unpaired) electrons. The highest BCUT2D eigenvalue weighted by Gasteiger charge is 2.33. The minimum Gasteiger partial charge on any atom is -0.478 e. The molecule has 0 saturated carbocycles. The number of halogens is 2. The number of rotatable bonds is 9. The van der Waals surface area contributed by atoms with E-state index in [1.807, 2.05) is 12.3 Å². The van der Waals surface area contributed by atoms with Crippen molar-refractivity contribution in [3.05, 3.63) is 99.2 Å². The SMILES string of the molecule is O=C(O)c1ccc2nc(CN3CCC(c4cccc(OC(O)(O)c5ccc(Cl)cc5F)n4)CC3)n(CC3=CNCS3)c2c1. The molecule has 4 aromatic rings. The van der Waals surface area contributed by atoms with E-state index in [1.54, 1.807) is 36.0 Å². The van der Waals surface area contributed by atoms with Gasteiger partial charge in [-0.15, -0.1) is 11.8 Å². The van der Waals surface area contributed by atoms with Crippen LogP contribution in [0.1, 0.15) is 46.2 Å². The molecule has 4 N–H and O–H groups in total. The smallest absolute Gasteiger partial charge is 0.355 e. The fraction of sp³-hybridized carbons (Fsp3) is 0.300. The molecule has 2 aliphatic heterocycles. The Morgan fingerprint density at radius 2 is 1.93 bits per heavy atom. The molecule has 13 heteroatoms. The summed E-state index contributed by atoms with van der Waals surface area (Å²) in [6.45, 7) is 2.77. The third-order valence-electron chi connectivity index (χ3n) is 7.64. The number of nitrogens with zero attached hydrogens (tertiary/aromatic N) is 4. The van der Waals surface area contributed by atoms with Crippen molar-refractivity contribution in [3.63, 3.8) is 0 Å². The molecule has 0 aliphatic carbocycles. The molecule has 0 amide bonds. The number of hydrogen-bond acceptors (Lipinski definition) is 9. The fourth-order valence-corrected chi connectivity index (χ4v) is 6.34. The van der Waals surface area contributed by atoms with Crippen molar-refractivity contribution in [1.82, 2.24) is 24.8 Å². The van der Waals surface area contributed by atoms with Gasteiger partial charge in [-0.1, -0.05) is 17.7 Å². The molecule has 1 fully saturated rings. The summed E-state index contributed by atoms with van der Waals surface area (Å²) in [7, 11) is 0. The summed E-state index contributed by atoms with van der Waals surface area (Å²) in [6, 6.07) is 13.6. The van der Waals surface area contributed by atoms with Gasteiger partial charge in [-0.05, 0) is 68.4 Å². The van der Waals surface area contributed by atoms with Crippen LogP contribution in [0, 0.1) is 5.82 Å². The number of thioether (sulfide) groups is 1. The number of nitrogens with one attached hydrogen (secondary N) is 1. The van der Waals surface area contributed by atoms with Crippen molar-refractivity contribution in [2.24, 2.45) is 0 Å². The first-order valence-corrected chi connectivity index (χ1v) is 15.1. The van der Waals surface area contributed by atoms with E-state index in [0.29, 0.717) is 13.1 Å². The summed E-state index contributed by atoms with van der Waals surface area (Å²) in [4.78, 5) is 24.5. The van der Waals surface area contributed by atoms with Gasteiger partial charge >= 0.3 is 11.9 Å². The lowest BCUT2D eigenvalue weighted by molar-refractivity contribution is -0.306. The van der Waals surface area contributed by atoms with E-state index < -0.39 is 23.3 Å². The van der Waals surface area contributed by atoms with Gasteiger partial charge in [0.1, 0.15) is 11.6 Å². The molecule has 0 spiro atoms. The Labute approximate surface area is 255 Å². The Kier molecular flexibility index (Phi) is 8.29. The highest BCUT2D eigenvalue weighted by molar-refractivity contribution is 8.03. The standard InChI is InChI=1S/C30H29ClFN5O5S/c31-20-5-6-22(23(32)13-20)30(40,41)42-28-3-1-2-24(35-28)18-8-10-36(11-9-18)16-27-34-25-7-4-19(29(38)39)12-26(25)37(27)15-21-14-33-17-43-21/h1-7,12-14,18,33,40-41H,8-11,15-17H2,(H,38,39). The number of carbonyl (C=O) groups is 1. The number of imidazole rings is 1. The van der Waals surface area contributed by atoms with Gasteiger partial charge in [-0.2, -0.15) is 0 Å². The second kappa shape index (κ2) is 12.1. The summed E-state index contributed by atoms with van der Waals surface area (Å²) in [5, 5.41) is 33.8. The number of allylic oxidation sites excluding steroid dienone is 1. The molecule has 6 rings (SSSR count). The number of hydrogen-bond donors (Lipinski definition) is 4. The van der Waals surface area contributed by atoms with E-state index in [4.69, 9.17) is 21.3 Å². The summed E-state index contributed by atoms with van der Waals surface area (Å²) < 4.78 is 21.7. The lowest BCUT2D eigenvalue weighted by atomic mass is 9.93. The number of ether oxygens (including phenoxy) is 1. The van der Waals surface area contributed by atoms with Gasteiger partial charge < -0.3 is 29.9 Å². The van der Waals surface area contributed by atoms with Gasteiger partial charge in [0, 0.05) is 33.8 Å². The molecule has 1 saturated heterocycles. The van der Waals surface area contributed by atoms with Crippen molar-refractivity contribution in [2.45, 2.75) is 37.8 Å². The van der Waals surface area contributed by atoms with Gasteiger partial charge in [0.2, 0.25) is 5.88 Å². The Hall–Kier alpha value is -3.68. The third-order valence-corrected chi connectivity index (χ3v) is 8.80. The van der Waals surface area contributed by atoms with Gasteiger partial charge in [0.05, 0.1) is 41.1 Å². The average Bonchev–Trinajstić information content (AvgIpc) is 3.61. The van der Waals surface area contributed by atoms with Gasteiger partial charge in [-0.3, -0.25) is 4.90 Å². The monoisotopic (exact) mass is 625 g/mol. The van der Waals surface area contributed by atoms with Crippen LogP contribution < -0.4 is 10.1 Å². The van der Waals surface area contributed by atoms with Crippen LogP contribution in [0.5, 0.6) is 5.88 Å². The topological polar surface area (TPSA) is 133 Å². The number of aliphatic hydroxyl groups is 2. The number of aromatic nitrogens is 3. The number of carboxylic acid groups (broad SMARTS) is 1. The molecule has 0 atom stereocenters.